The minimum absolute atomic E-state index is 0.0707. The van der Waals surface area contributed by atoms with E-state index in [-0.39, 0.29) is 24.4 Å². The van der Waals surface area contributed by atoms with Gasteiger partial charge in [-0.1, -0.05) is 36.7 Å². The van der Waals surface area contributed by atoms with Gasteiger partial charge in [-0.15, -0.1) is 0 Å². The van der Waals surface area contributed by atoms with Crippen LogP contribution in [0.15, 0.2) is 22.7 Å². The zero-order chi connectivity index (χ0) is 16.6. The second kappa shape index (κ2) is 6.28. The number of carbonyl (C=O) groups is 1. The predicted molar refractivity (Wildman–Crippen MR) is 82.3 cm³/mol. The summed E-state index contributed by atoms with van der Waals surface area (Å²) in [4.78, 5) is 18.1. The molecule has 0 aliphatic carbocycles. The van der Waals surface area contributed by atoms with E-state index >= 15 is 0 Å². The summed E-state index contributed by atoms with van der Waals surface area (Å²) < 4.78 is 19.3. The third-order valence-corrected chi connectivity index (χ3v) is 4.33. The Bertz CT molecular complexity index is 712. The molecule has 5 nitrogen and oxygen atoms in total. The molecule has 1 unspecified atom stereocenters. The van der Waals surface area contributed by atoms with Crippen molar-refractivity contribution in [3.8, 4) is 0 Å². The molecule has 1 amide bonds. The summed E-state index contributed by atoms with van der Waals surface area (Å²) in [6.45, 7) is 4.02. The van der Waals surface area contributed by atoms with Gasteiger partial charge in [0.15, 0.2) is 5.82 Å². The number of hydrogen-bond donors (Lipinski definition) is 0. The van der Waals surface area contributed by atoms with Crippen molar-refractivity contribution in [1.82, 2.24) is 15.0 Å². The highest BCUT2D eigenvalue weighted by Gasteiger charge is 2.36. The highest BCUT2D eigenvalue weighted by molar-refractivity contribution is 6.31. The van der Waals surface area contributed by atoms with Crippen molar-refractivity contribution in [2.24, 2.45) is 0 Å². The van der Waals surface area contributed by atoms with Crippen LogP contribution in [-0.2, 0) is 11.3 Å². The van der Waals surface area contributed by atoms with E-state index in [0.717, 1.165) is 0 Å². The molecule has 7 heteroatoms. The third kappa shape index (κ3) is 3.08. The molecule has 1 aromatic heterocycles. The quantitative estimate of drug-likeness (QED) is 0.850. The van der Waals surface area contributed by atoms with Crippen LogP contribution in [0.5, 0.6) is 0 Å². The number of aromatic nitrogens is 2. The van der Waals surface area contributed by atoms with Crippen molar-refractivity contribution in [3.05, 3.63) is 46.3 Å². The number of rotatable bonds is 4. The monoisotopic (exact) mass is 337 g/mol. The maximum Gasteiger partial charge on any atom is 0.249 e. The predicted octanol–water partition coefficient (Wildman–Crippen LogP) is 3.85. The molecule has 2 heterocycles. The van der Waals surface area contributed by atoms with Gasteiger partial charge in [-0.3, -0.25) is 4.79 Å². The van der Waals surface area contributed by atoms with E-state index in [1.807, 2.05) is 13.8 Å². The second-order valence-electron chi connectivity index (χ2n) is 5.92. The van der Waals surface area contributed by atoms with Crippen LogP contribution < -0.4 is 0 Å². The zero-order valence-corrected chi connectivity index (χ0v) is 13.7. The van der Waals surface area contributed by atoms with Gasteiger partial charge in [-0.25, -0.2) is 4.39 Å². The highest BCUT2D eigenvalue weighted by Crippen LogP contribution is 2.35. The fourth-order valence-electron chi connectivity index (χ4n) is 2.66. The van der Waals surface area contributed by atoms with E-state index < -0.39 is 5.82 Å². The Balaban J connectivity index is 1.88. The van der Waals surface area contributed by atoms with Gasteiger partial charge in [0.2, 0.25) is 11.8 Å². The first-order valence-corrected chi connectivity index (χ1v) is 7.91. The standard InChI is InChI=1S/C16H17ClFN3O2/c1-9(2)15-19-16(23-20-15)13-6-7-14(22)21(13)8-10-11(17)4-3-5-12(10)18/h3-5,9,13H,6-8H2,1-2H3. The van der Waals surface area contributed by atoms with Gasteiger partial charge in [0.05, 0.1) is 6.54 Å². The van der Waals surface area contributed by atoms with Crippen LogP contribution in [0.2, 0.25) is 5.02 Å². The van der Waals surface area contributed by atoms with Crippen LogP contribution >= 0.6 is 11.6 Å². The van der Waals surface area contributed by atoms with Crippen LogP contribution in [-0.4, -0.2) is 20.9 Å². The number of benzene rings is 1. The topological polar surface area (TPSA) is 59.2 Å². The van der Waals surface area contributed by atoms with Crippen LogP contribution in [0.1, 0.15) is 55.9 Å². The molecule has 0 saturated carbocycles. The SMILES string of the molecule is CC(C)c1noc(C2CCC(=O)N2Cc2c(F)cccc2Cl)n1. The van der Waals surface area contributed by atoms with E-state index in [1.54, 1.807) is 11.0 Å². The Hall–Kier alpha value is -1.95. The first kappa shape index (κ1) is 15.9. The Morgan fingerprint density at radius 2 is 2.26 bits per heavy atom. The number of nitrogens with zero attached hydrogens (tertiary/aromatic N) is 3. The van der Waals surface area contributed by atoms with Gasteiger partial charge in [0, 0.05) is 22.9 Å². The average Bonchev–Trinajstić information content (AvgIpc) is 3.10. The fourth-order valence-corrected chi connectivity index (χ4v) is 2.88. The van der Waals surface area contributed by atoms with Crippen LogP contribution in [0.3, 0.4) is 0 Å². The van der Waals surface area contributed by atoms with E-state index in [4.69, 9.17) is 16.1 Å². The Labute approximate surface area is 138 Å². The summed E-state index contributed by atoms with van der Waals surface area (Å²) >= 11 is 6.07. The molecule has 0 N–H and O–H groups in total. The normalized spacial score (nSPS) is 18.2. The van der Waals surface area contributed by atoms with Gasteiger partial charge in [-0.2, -0.15) is 4.98 Å². The molecular formula is C16H17ClFN3O2. The van der Waals surface area contributed by atoms with Crippen molar-refractivity contribution in [1.29, 1.82) is 0 Å². The molecule has 2 aromatic rings. The van der Waals surface area contributed by atoms with Crippen LogP contribution in [0, 0.1) is 5.82 Å². The summed E-state index contributed by atoms with van der Waals surface area (Å²) in [5.41, 5.74) is 0.304. The van der Waals surface area contributed by atoms with Gasteiger partial charge in [-0.05, 0) is 18.6 Å². The molecule has 0 spiro atoms. The zero-order valence-electron chi connectivity index (χ0n) is 12.9. The molecule has 0 bridgehead atoms. The maximum atomic E-state index is 14.0. The number of likely N-dealkylation sites (tertiary alicyclic amines) is 1. The summed E-state index contributed by atoms with van der Waals surface area (Å²) in [6, 6.07) is 4.15. The van der Waals surface area contributed by atoms with Gasteiger partial charge >= 0.3 is 0 Å². The lowest BCUT2D eigenvalue weighted by molar-refractivity contribution is -0.130. The molecular weight excluding hydrogens is 321 g/mol. The largest absolute Gasteiger partial charge is 0.337 e. The third-order valence-electron chi connectivity index (χ3n) is 3.98. The lowest BCUT2D eigenvalue weighted by Crippen LogP contribution is -2.28. The fraction of sp³-hybridized carbons (Fsp3) is 0.438. The van der Waals surface area contributed by atoms with E-state index in [0.29, 0.717) is 35.1 Å². The maximum absolute atomic E-state index is 14.0. The summed E-state index contributed by atoms with van der Waals surface area (Å²) in [6.07, 6.45) is 0.945. The molecule has 122 valence electrons. The van der Waals surface area contributed by atoms with E-state index in [2.05, 4.69) is 10.1 Å². The number of amides is 1. The van der Waals surface area contributed by atoms with Crippen molar-refractivity contribution >= 4 is 17.5 Å². The number of carbonyl (C=O) groups excluding carboxylic acids is 1. The van der Waals surface area contributed by atoms with Gasteiger partial charge in [0.25, 0.3) is 0 Å². The van der Waals surface area contributed by atoms with E-state index in [9.17, 15) is 9.18 Å². The van der Waals surface area contributed by atoms with Crippen molar-refractivity contribution in [3.63, 3.8) is 0 Å². The first-order chi connectivity index (χ1) is 11.0. The number of hydrogen-bond acceptors (Lipinski definition) is 4. The molecule has 23 heavy (non-hydrogen) atoms. The van der Waals surface area contributed by atoms with Crippen molar-refractivity contribution < 1.29 is 13.7 Å². The summed E-state index contributed by atoms with van der Waals surface area (Å²) in [5.74, 6) is 0.636. The average molecular weight is 338 g/mol. The molecule has 0 radical (unpaired) electrons. The minimum Gasteiger partial charge on any atom is -0.337 e. The molecule has 1 fully saturated rings. The lowest BCUT2D eigenvalue weighted by atomic mass is 10.1. The van der Waals surface area contributed by atoms with Crippen molar-refractivity contribution in [2.45, 2.75) is 45.2 Å². The van der Waals surface area contributed by atoms with E-state index in [1.165, 1.54) is 12.1 Å². The first-order valence-electron chi connectivity index (χ1n) is 7.53. The molecule has 1 atom stereocenters. The molecule has 1 aliphatic heterocycles. The Kier molecular flexibility index (Phi) is 4.35. The minimum atomic E-state index is -0.427. The number of halogens is 2. The molecule has 1 aliphatic rings. The molecule has 1 aromatic carbocycles. The van der Waals surface area contributed by atoms with Crippen LogP contribution in [0.4, 0.5) is 4.39 Å². The molecule has 1 saturated heterocycles. The van der Waals surface area contributed by atoms with Gasteiger partial charge in [0.1, 0.15) is 11.9 Å². The highest BCUT2D eigenvalue weighted by atomic mass is 35.5. The second-order valence-corrected chi connectivity index (χ2v) is 6.33. The van der Waals surface area contributed by atoms with Gasteiger partial charge < -0.3 is 9.42 Å². The summed E-state index contributed by atoms with van der Waals surface area (Å²) in [5, 5.41) is 4.24. The van der Waals surface area contributed by atoms with Crippen LogP contribution in [0.25, 0.3) is 0 Å². The summed E-state index contributed by atoms with van der Waals surface area (Å²) in [7, 11) is 0. The lowest BCUT2D eigenvalue weighted by Gasteiger charge is -2.22. The van der Waals surface area contributed by atoms with Crippen molar-refractivity contribution in [2.75, 3.05) is 0 Å². The molecule has 3 rings (SSSR count). The Morgan fingerprint density at radius 3 is 2.91 bits per heavy atom. The smallest absolute Gasteiger partial charge is 0.249 e. The Morgan fingerprint density at radius 1 is 1.48 bits per heavy atom.